The first-order valence-electron chi connectivity index (χ1n) is 7.18. The van der Waals surface area contributed by atoms with Crippen molar-refractivity contribution in [3.8, 4) is 5.88 Å². The summed E-state index contributed by atoms with van der Waals surface area (Å²) in [5.74, 6) is 0.801. The summed E-state index contributed by atoms with van der Waals surface area (Å²) in [7, 11) is 0. The van der Waals surface area contributed by atoms with Gasteiger partial charge in [0.1, 0.15) is 6.10 Å². The normalized spacial score (nSPS) is 20.3. The summed E-state index contributed by atoms with van der Waals surface area (Å²) in [6.45, 7) is 3.01. The van der Waals surface area contributed by atoms with Crippen LogP contribution in [0, 0.1) is 6.92 Å². The second-order valence-electron chi connectivity index (χ2n) is 5.57. The lowest BCUT2D eigenvalue weighted by atomic mass is 10.2. The highest BCUT2D eigenvalue weighted by molar-refractivity contribution is 5.25. The van der Waals surface area contributed by atoms with Gasteiger partial charge in [-0.15, -0.1) is 0 Å². The molecule has 2 aliphatic carbocycles. The van der Waals surface area contributed by atoms with E-state index in [0.717, 1.165) is 24.2 Å². The maximum Gasteiger partial charge on any atom is 0.213 e. The summed E-state index contributed by atoms with van der Waals surface area (Å²) in [6, 6.07) is 4.93. The Morgan fingerprint density at radius 1 is 1.22 bits per heavy atom. The van der Waals surface area contributed by atoms with Crippen LogP contribution < -0.4 is 10.1 Å². The third kappa shape index (κ3) is 3.02. The van der Waals surface area contributed by atoms with Crippen LogP contribution in [0.15, 0.2) is 12.1 Å². The molecular weight excluding hydrogens is 224 g/mol. The number of rotatable bonds is 5. The number of aromatic nitrogens is 1. The highest BCUT2D eigenvalue weighted by Crippen LogP contribution is 2.24. The quantitative estimate of drug-likeness (QED) is 0.867. The fourth-order valence-electron chi connectivity index (χ4n) is 2.54. The molecule has 1 aromatic rings. The molecule has 2 saturated carbocycles. The third-order valence-corrected chi connectivity index (χ3v) is 3.92. The first kappa shape index (κ1) is 12.0. The SMILES string of the molecule is Cc1nc(OC2CCCC2)ccc1CNC1CC1. The number of nitrogens with one attached hydrogen (secondary N) is 1. The summed E-state index contributed by atoms with van der Waals surface area (Å²) in [5.41, 5.74) is 2.39. The maximum absolute atomic E-state index is 5.92. The van der Waals surface area contributed by atoms with Gasteiger partial charge in [-0.2, -0.15) is 0 Å². The Bertz CT molecular complexity index is 409. The van der Waals surface area contributed by atoms with Gasteiger partial charge in [-0.3, -0.25) is 0 Å². The Morgan fingerprint density at radius 2 is 2.00 bits per heavy atom. The van der Waals surface area contributed by atoms with E-state index >= 15 is 0 Å². The molecular formula is C15H22N2O. The molecule has 0 unspecified atom stereocenters. The molecule has 98 valence electrons. The molecule has 3 heteroatoms. The number of hydrogen-bond acceptors (Lipinski definition) is 3. The Labute approximate surface area is 109 Å². The Morgan fingerprint density at radius 3 is 2.67 bits per heavy atom. The van der Waals surface area contributed by atoms with Gasteiger partial charge in [0.05, 0.1) is 0 Å². The fourth-order valence-corrected chi connectivity index (χ4v) is 2.54. The first-order valence-corrected chi connectivity index (χ1v) is 7.18. The van der Waals surface area contributed by atoms with Crippen LogP contribution >= 0.6 is 0 Å². The van der Waals surface area contributed by atoms with Gasteiger partial charge in [0, 0.05) is 24.3 Å². The maximum atomic E-state index is 5.92. The average molecular weight is 246 g/mol. The van der Waals surface area contributed by atoms with Crippen LogP contribution in [0.3, 0.4) is 0 Å². The van der Waals surface area contributed by atoms with Crippen molar-refractivity contribution in [1.82, 2.24) is 10.3 Å². The molecule has 0 bridgehead atoms. The molecule has 2 aliphatic rings. The zero-order valence-corrected chi connectivity index (χ0v) is 11.1. The van der Waals surface area contributed by atoms with E-state index < -0.39 is 0 Å². The van der Waals surface area contributed by atoms with Crippen molar-refractivity contribution in [3.63, 3.8) is 0 Å². The van der Waals surface area contributed by atoms with E-state index in [4.69, 9.17) is 4.74 Å². The van der Waals surface area contributed by atoms with Crippen molar-refractivity contribution >= 4 is 0 Å². The molecule has 0 aromatic carbocycles. The molecule has 1 aromatic heterocycles. The second-order valence-corrected chi connectivity index (χ2v) is 5.57. The molecule has 0 atom stereocenters. The molecule has 0 aliphatic heterocycles. The lowest BCUT2D eigenvalue weighted by Gasteiger charge is -2.14. The number of aryl methyl sites for hydroxylation is 1. The summed E-state index contributed by atoms with van der Waals surface area (Å²) in [6.07, 6.45) is 8.02. The molecule has 0 radical (unpaired) electrons. The predicted octanol–water partition coefficient (Wildman–Crippen LogP) is 2.96. The minimum atomic E-state index is 0.396. The number of hydrogen-bond donors (Lipinski definition) is 1. The van der Waals surface area contributed by atoms with Gasteiger partial charge in [0.25, 0.3) is 0 Å². The molecule has 1 N–H and O–H groups in total. The molecule has 0 saturated heterocycles. The molecule has 0 amide bonds. The van der Waals surface area contributed by atoms with E-state index in [2.05, 4.69) is 23.3 Å². The van der Waals surface area contributed by atoms with Crippen molar-refractivity contribution in [2.24, 2.45) is 0 Å². The van der Waals surface area contributed by atoms with Gasteiger partial charge in [-0.25, -0.2) is 4.98 Å². The van der Waals surface area contributed by atoms with E-state index in [1.807, 2.05) is 6.07 Å². The zero-order valence-electron chi connectivity index (χ0n) is 11.1. The molecule has 1 heterocycles. The first-order chi connectivity index (χ1) is 8.81. The van der Waals surface area contributed by atoms with Gasteiger partial charge in [0.15, 0.2) is 0 Å². The van der Waals surface area contributed by atoms with Gasteiger partial charge in [0.2, 0.25) is 5.88 Å². The van der Waals surface area contributed by atoms with Crippen LogP contribution in [0.2, 0.25) is 0 Å². The van der Waals surface area contributed by atoms with Gasteiger partial charge >= 0.3 is 0 Å². The highest BCUT2D eigenvalue weighted by atomic mass is 16.5. The Balaban J connectivity index is 1.59. The lowest BCUT2D eigenvalue weighted by molar-refractivity contribution is 0.201. The minimum absolute atomic E-state index is 0.396. The number of ether oxygens (including phenoxy) is 1. The van der Waals surface area contributed by atoms with Crippen molar-refractivity contribution in [1.29, 1.82) is 0 Å². The minimum Gasteiger partial charge on any atom is -0.474 e. The summed E-state index contributed by atoms with van der Waals surface area (Å²) >= 11 is 0. The molecule has 2 fully saturated rings. The van der Waals surface area contributed by atoms with Crippen LogP contribution in [0.4, 0.5) is 0 Å². The van der Waals surface area contributed by atoms with Crippen LogP contribution in [0.25, 0.3) is 0 Å². The largest absolute Gasteiger partial charge is 0.474 e. The van der Waals surface area contributed by atoms with Gasteiger partial charge in [-0.1, -0.05) is 6.07 Å². The van der Waals surface area contributed by atoms with Crippen molar-refractivity contribution < 1.29 is 4.74 Å². The summed E-state index contributed by atoms with van der Waals surface area (Å²) < 4.78 is 5.92. The number of pyridine rings is 1. The van der Waals surface area contributed by atoms with Crippen LogP contribution in [0.1, 0.15) is 49.8 Å². The zero-order chi connectivity index (χ0) is 12.4. The fraction of sp³-hybridized carbons (Fsp3) is 0.667. The third-order valence-electron chi connectivity index (χ3n) is 3.92. The second kappa shape index (κ2) is 5.27. The van der Waals surface area contributed by atoms with E-state index in [9.17, 15) is 0 Å². The van der Waals surface area contributed by atoms with Crippen LogP contribution in [-0.4, -0.2) is 17.1 Å². The van der Waals surface area contributed by atoms with E-state index in [1.54, 1.807) is 0 Å². The molecule has 18 heavy (non-hydrogen) atoms. The number of nitrogens with zero attached hydrogens (tertiary/aromatic N) is 1. The van der Waals surface area contributed by atoms with E-state index in [1.165, 1.54) is 44.1 Å². The average Bonchev–Trinajstić information content (AvgIpc) is 3.05. The monoisotopic (exact) mass is 246 g/mol. The predicted molar refractivity (Wildman–Crippen MR) is 71.7 cm³/mol. The van der Waals surface area contributed by atoms with Crippen molar-refractivity contribution in [2.75, 3.05) is 0 Å². The van der Waals surface area contributed by atoms with E-state index in [-0.39, 0.29) is 0 Å². The Kier molecular flexibility index (Phi) is 3.50. The highest BCUT2D eigenvalue weighted by Gasteiger charge is 2.20. The van der Waals surface area contributed by atoms with Gasteiger partial charge in [-0.05, 0) is 51.0 Å². The topological polar surface area (TPSA) is 34.1 Å². The molecule has 3 nitrogen and oxygen atoms in total. The van der Waals surface area contributed by atoms with Gasteiger partial charge < -0.3 is 10.1 Å². The van der Waals surface area contributed by atoms with Crippen LogP contribution in [0.5, 0.6) is 5.88 Å². The van der Waals surface area contributed by atoms with Crippen LogP contribution in [-0.2, 0) is 6.54 Å². The smallest absolute Gasteiger partial charge is 0.213 e. The van der Waals surface area contributed by atoms with Crippen molar-refractivity contribution in [3.05, 3.63) is 23.4 Å². The Hall–Kier alpha value is -1.09. The molecule has 0 spiro atoms. The summed E-state index contributed by atoms with van der Waals surface area (Å²) in [4.78, 5) is 4.57. The summed E-state index contributed by atoms with van der Waals surface area (Å²) in [5, 5.41) is 3.53. The van der Waals surface area contributed by atoms with Crippen molar-refractivity contribution in [2.45, 2.75) is 64.1 Å². The van der Waals surface area contributed by atoms with E-state index in [0.29, 0.717) is 6.10 Å². The molecule has 3 rings (SSSR count). The standard InChI is InChI=1S/C15H22N2O/c1-11-12(10-16-13-7-8-13)6-9-15(17-11)18-14-4-2-3-5-14/h6,9,13-14,16H,2-5,7-8,10H2,1H3. The lowest BCUT2D eigenvalue weighted by Crippen LogP contribution is -2.17.